The molecule has 5 heteroatoms. The zero-order valence-electron chi connectivity index (χ0n) is 15.9. The third-order valence-electron chi connectivity index (χ3n) is 5.21. The Morgan fingerprint density at radius 1 is 1.19 bits per heavy atom. The Balaban J connectivity index is 1.56. The number of methoxy groups -OCH3 is 1. The number of hydrogen-bond acceptors (Lipinski definition) is 4. The SMILES string of the molecule is COc1ccccc1-c1ccc(C(=O)NCCN2CCCC[C@@H]2CO)cc1. The highest BCUT2D eigenvalue weighted by molar-refractivity contribution is 5.94. The van der Waals surface area contributed by atoms with Crippen LogP contribution in [0.2, 0.25) is 0 Å². The number of benzene rings is 2. The lowest BCUT2D eigenvalue weighted by Crippen LogP contribution is -2.45. The molecule has 0 radical (unpaired) electrons. The predicted octanol–water partition coefficient (Wildman–Crippen LogP) is 2.94. The first-order chi connectivity index (χ1) is 13.2. The van der Waals surface area contributed by atoms with E-state index in [4.69, 9.17) is 4.74 Å². The second-order valence-electron chi connectivity index (χ2n) is 6.90. The summed E-state index contributed by atoms with van der Waals surface area (Å²) in [5.41, 5.74) is 2.67. The van der Waals surface area contributed by atoms with Crippen molar-refractivity contribution in [2.24, 2.45) is 0 Å². The van der Waals surface area contributed by atoms with Crippen LogP contribution in [0.25, 0.3) is 11.1 Å². The number of amides is 1. The molecular weight excluding hydrogens is 340 g/mol. The number of carbonyl (C=O) groups is 1. The molecule has 0 bridgehead atoms. The molecule has 2 aromatic carbocycles. The first-order valence-electron chi connectivity index (χ1n) is 9.59. The van der Waals surface area contributed by atoms with E-state index in [1.807, 2.05) is 48.5 Å². The summed E-state index contributed by atoms with van der Waals surface area (Å²) in [6, 6.07) is 15.6. The van der Waals surface area contributed by atoms with Crippen LogP contribution in [0.15, 0.2) is 48.5 Å². The van der Waals surface area contributed by atoms with Gasteiger partial charge >= 0.3 is 0 Å². The van der Waals surface area contributed by atoms with E-state index in [0.29, 0.717) is 12.1 Å². The summed E-state index contributed by atoms with van der Waals surface area (Å²) in [5, 5.41) is 12.5. The molecule has 0 unspecified atom stereocenters. The van der Waals surface area contributed by atoms with Gasteiger partial charge in [0, 0.05) is 30.3 Å². The van der Waals surface area contributed by atoms with Gasteiger partial charge in [0.15, 0.2) is 0 Å². The lowest BCUT2D eigenvalue weighted by molar-refractivity contribution is 0.0849. The van der Waals surface area contributed by atoms with E-state index in [1.54, 1.807) is 7.11 Å². The van der Waals surface area contributed by atoms with E-state index < -0.39 is 0 Å². The van der Waals surface area contributed by atoms with Crippen molar-refractivity contribution in [3.63, 3.8) is 0 Å². The molecule has 0 aliphatic carbocycles. The maximum Gasteiger partial charge on any atom is 0.251 e. The van der Waals surface area contributed by atoms with E-state index in [0.717, 1.165) is 42.8 Å². The molecule has 0 saturated carbocycles. The molecule has 1 saturated heterocycles. The predicted molar refractivity (Wildman–Crippen MR) is 107 cm³/mol. The van der Waals surface area contributed by atoms with E-state index in [9.17, 15) is 9.90 Å². The summed E-state index contributed by atoms with van der Waals surface area (Å²) in [6.45, 7) is 2.55. The minimum atomic E-state index is -0.0702. The summed E-state index contributed by atoms with van der Waals surface area (Å²) in [5.74, 6) is 0.744. The van der Waals surface area contributed by atoms with Crippen molar-refractivity contribution >= 4 is 5.91 Å². The van der Waals surface area contributed by atoms with Crippen LogP contribution in [-0.2, 0) is 0 Å². The highest BCUT2D eigenvalue weighted by Crippen LogP contribution is 2.29. The van der Waals surface area contributed by atoms with Crippen LogP contribution in [-0.4, -0.2) is 55.3 Å². The minimum Gasteiger partial charge on any atom is -0.496 e. The second-order valence-corrected chi connectivity index (χ2v) is 6.90. The van der Waals surface area contributed by atoms with Gasteiger partial charge in [-0.3, -0.25) is 9.69 Å². The first-order valence-corrected chi connectivity index (χ1v) is 9.59. The van der Waals surface area contributed by atoms with Crippen molar-refractivity contribution in [2.75, 3.05) is 33.4 Å². The highest BCUT2D eigenvalue weighted by atomic mass is 16.5. The fraction of sp³-hybridized carbons (Fsp3) is 0.409. The first kappa shape index (κ1) is 19.4. The molecule has 144 valence electrons. The second kappa shape index (κ2) is 9.53. The van der Waals surface area contributed by atoms with Crippen molar-refractivity contribution in [3.05, 3.63) is 54.1 Å². The van der Waals surface area contributed by atoms with Crippen LogP contribution in [0, 0.1) is 0 Å². The van der Waals surface area contributed by atoms with E-state index in [1.165, 1.54) is 6.42 Å². The number of aliphatic hydroxyl groups is 1. The molecule has 0 spiro atoms. The Morgan fingerprint density at radius 2 is 1.96 bits per heavy atom. The molecule has 1 amide bonds. The summed E-state index contributed by atoms with van der Waals surface area (Å²) in [4.78, 5) is 14.7. The number of hydrogen-bond donors (Lipinski definition) is 2. The number of ether oxygens (including phenoxy) is 1. The van der Waals surface area contributed by atoms with Gasteiger partial charge in [0.1, 0.15) is 5.75 Å². The number of piperidine rings is 1. The summed E-state index contributed by atoms with van der Waals surface area (Å²) in [7, 11) is 1.66. The number of rotatable bonds is 7. The smallest absolute Gasteiger partial charge is 0.251 e. The van der Waals surface area contributed by atoms with Crippen LogP contribution in [0.1, 0.15) is 29.6 Å². The van der Waals surface area contributed by atoms with Crippen molar-refractivity contribution < 1.29 is 14.6 Å². The zero-order valence-corrected chi connectivity index (χ0v) is 15.9. The molecule has 1 atom stereocenters. The number of likely N-dealkylation sites (tertiary alicyclic amines) is 1. The fourth-order valence-electron chi connectivity index (χ4n) is 3.66. The highest BCUT2D eigenvalue weighted by Gasteiger charge is 2.21. The van der Waals surface area contributed by atoms with Gasteiger partial charge in [0.05, 0.1) is 13.7 Å². The number of nitrogens with zero attached hydrogens (tertiary/aromatic N) is 1. The lowest BCUT2D eigenvalue weighted by atomic mass is 10.0. The molecule has 1 fully saturated rings. The quantitative estimate of drug-likeness (QED) is 0.789. The van der Waals surface area contributed by atoms with Crippen molar-refractivity contribution in [2.45, 2.75) is 25.3 Å². The summed E-state index contributed by atoms with van der Waals surface area (Å²) >= 11 is 0. The van der Waals surface area contributed by atoms with Gasteiger partial charge < -0.3 is 15.2 Å². The largest absolute Gasteiger partial charge is 0.496 e. The van der Waals surface area contributed by atoms with Crippen molar-refractivity contribution in [1.29, 1.82) is 0 Å². The van der Waals surface area contributed by atoms with Crippen molar-refractivity contribution in [3.8, 4) is 16.9 Å². The standard InChI is InChI=1S/C22H28N2O3/c1-27-21-8-3-2-7-20(21)17-9-11-18(12-10-17)22(26)23-13-15-24-14-5-4-6-19(24)16-25/h2-3,7-12,19,25H,4-6,13-16H2,1H3,(H,23,26)/t19-/m1/s1. The van der Waals surface area contributed by atoms with Gasteiger partial charge in [-0.25, -0.2) is 0 Å². The Bertz CT molecular complexity index is 745. The van der Waals surface area contributed by atoms with Crippen LogP contribution in [0.5, 0.6) is 5.75 Å². The van der Waals surface area contributed by atoms with Gasteiger partial charge in [-0.2, -0.15) is 0 Å². The molecule has 3 rings (SSSR count). The Labute approximate surface area is 161 Å². The molecule has 0 aromatic heterocycles. The Hall–Kier alpha value is -2.37. The monoisotopic (exact) mass is 368 g/mol. The van der Waals surface area contributed by atoms with E-state index in [2.05, 4.69) is 10.2 Å². The van der Waals surface area contributed by atoms with Gasteiger partial charge in [-0.05, 0) is 43.1 Å². The molecular formula is C22H28N2O3. The third-order valence-corrected chi connectivity index (χ3v) is 5.21. The molecule has 27 heavy (non-hydrogen) atoms. The fourth-order valence-corrected chi connectivity index (χ4v) is 3.66. The summed E-state index contributed by atoms with van der Waals surface area (Å²) in [6.07, 6.45) is 3.37. The molecule has 5 nitrogen and oxygen atoms in total. The maximum absolute atomic E-state index is 12.4. The van der Waals surface area contributed by atoms with Gasteiger partial charge in [0.2, 0.25) is 0 Å². The van der Waals surface area contributed by atoms with Crippen LogP contribution in [0.3, 0.4) is 0 Å². The summed E-state index contributed by atoms with van der Waals surface area (Å²) < 4.78 is 5.40. The molecule has 2 aromatic rings. The Kier molecular flexibility index (Phi) is 6.85. The molecule has 1 aliphatic heterocycles. The molecule has 1 heterocycles. The number of nitrogens with one attached hydrogen (secondary N) is 1. The average Bonchev–Trinajstić information content (AvgIpc) is 2.74. The minimum absolute atomic E-state index is 0.0702. The van der Waals surface area contributed by atoms with Gasteiger partial charge in [0.25, 0.3) is 5.91 Å². The lowest BCUT2D eigenvalue weighted by Gasteiger charge is -2.34. The van der Waals surface area contributed by atoms with Gasteiger partial charge in [-0.1, -0.05) is 36.8 Å². The number of carbonyl (C=O) groups excluding carboxylic acids is 1. The van der Waals surface area contributed by atoms with E-state index in [-0.39, 0.29) is 18.6 Å². The Morgan fingerprint density at radius 3 is 2.70 bits per heavy atom. The van der Waals surface area contributed by atoms with Crippen LogP contribution in [0.4, 0.5) is 0 Å². The average molecular weight is 368 g/mol. The third kappa shape index (κ3) is 4.87. The van der Waals surface area contributed by atoms with Crippen molar-refractivity contribution in [1.82, 2.24) is 10.2 Å². The number of para-hydroxylation sites is 1. The normalized spacial score (nSPS) is 17.5. The van der Waals surface area contributed by atoms with Crippen LogP contribution < -0.4 is 10.1 Å². The van der Waals surface area contributed by atoms with Gasteiger partial charge in [-0.15, -0.1) is 0 Å². The zero-order chi connectivity index (χ0) is 19.1. The topological polar surface area (TPSA) is 61.8 Å². The number of aliphatic hydroxyl groups excluding tert-OH is 1. The van der Waals surface area contributed by atoms with Crippen LogP contribution >= 0.6 is 0 Å². The molecule has 1 aliphatic rings. The molecule has 2 N–H and O–H groups in total. The van der Waals surface area contributed by atoms with E-state index >= 15 is 0 Å². The maximum atomic E-state index is 12.4.